The number of sulfonamides is 1. The van der Waals surface area contributed by atoms with Gasteiger partial charge in [0.2, 0.25) is 10.0 Å². The van der Waals surface area contributed by atoms with Gasteiger partial charge in [0.05, 0.1) is 11.0 Å². The highest BCUT2D eigenvalue weighted by atomic mass is 32.2. The van der Waals surface area contributed by atoms with Gasteiger partial charge in [-0.05, 0) is 51.8 Å². The van der Waals surface area contributed by atoms with Crippen LogP contribution in [-0.4, -0.2) is 33.1 Å². The minimum atomic E-state index is -3.79. The quantitative estimate of drug-likeness (QED) is 0.666. The number of aryl methyl sites for hydroxylation is 1. The van der Waals surface area contributed by atoms with Gasteiger partial charge in [0.15, 0.2) is 0 Å². The van der Waals surface area contributed by atoms with Gasteiger partial charge in [0, 0.05) is 0 Å². The maximum absolute atomic E-state index is 12.4. The molecule has 6 nitrogen and oxygen atoms in total. The fourth-order valence-electron chi connectivity index (χ4n) is 1.88. The van der Waals surface area contributed by atoms with Crippen LogP contribution in [0.1, 0.15) is 38.7 Å². The number of carbonyl (C=O) groups is 1. The van der Waals surface area contributed by atoms with Crippen molar-refractivity contribution in [3.8, 4) is 0 Å². The van der Waals surface area contributed by atoms with Crippen molar-refractivity contribution in [2.24, 2.45) is 5.73 Å². The average molecular weight is 342 g/mol. The summed E-state index contributed by atoms with van der Waals surface area (Å²) in [6.45, 7) is 5.91. The average Bonchev–Trinajstić information content (AvgIpc) is 2.51. The highest BCUT2D eigenvalue weighted by Gasteiger charge is 2.27. The van der Waals surface area contributed by atoms with Crippen molar-refractivity contribution in [2.45, 2.75) is 57.1 Å². The largest absolute Gasteiger partial charge is 0.461 e. The maximum atomic E-state index is 12.4. The molecular weight excluding hydrogens is 316 g/mol. The predicted octanol–water partition coefficient (Wildman–Crippen LogP) is 1.72. The molecule has 7 heteroatoms. The third-order valence-corrected chi connectivity index (χ3v) is 4.99. The van der Waals surface area contributed by atoms with Crippen LogP contribution in [0.25, 0.3) is 0 Å². The fraction of sp³-hybridized carbons (Fsp3) is 0.562. The van der Waals surface area contributed by atoms with Crippen molar-refractivity contribution < 1.29 is 17.9 Å². The third kappa shape index (κ3) is 6.29. The molecule has 0 heterocycles. The van der Waals surface area contributed by atoms with Gasteiger partial charge < -0.3 is 10.5 Å². The Balaban J connectivity index is 2.90. The predicted molar refractivity (Wildman–Crippen MR) is 89.4 cm³/mol. The number of hydrogen-bond donors (Lipinski definition) is 2. The van der Waals surface area contributed by atoms with Crippen molar-refractivity contribution in [3.05, 3.63) is 29.8 Å². The van der Waals surface area contributed by atoms with Crippen LogP contribution in [0, 0.1) is 6.92 Å². The zero-order valence-electron chi connectivity index (χ0n) is 13.9. The van der Waals surface area contributed by atoms with Crippen LogP contribution in [0.15, 0.2) is 29.2 Å². The van der Waals surface area contributed by atoms with Gasteiger partial charge in [0.25, 0.3) is 0 Å². The lowest BCUT2D eigenvalue weighted by molar-refractivity contribution is -0.150. The second-order valence-electron chi connectivity index (χ2n) is 5.57. The van der Waals surface area contributed by atoms with Crippen molar-refractivity contribution >= 4 is 16.0 Å². The Kier molecular flexibility index (Phi) is 7.67. The summed E-state index contributed by atoms with van der Waals surface area (Å²) >= 11 is 0. The number of hydrogen-bond acceptors (Lipinski definition) is 5. The number of ether oxygens (including phenoxy) is 1. The van der Waals surface area contributed by atoms with E-state index in [1.165, 1.54) is 12.1 Å². The van der Waals surface area contributed by atoms with Gasteiger partial charge >= 0.3 is 5.97 Å². The molecule has 0 aliphatic rings. The maximum Gasteiger partial charge on any atom is 0.324 e. The Bertz CT molecular complexity index is 599. The minimum Gasteiger partial charge on any atom is -0.461 e. The van der Waals surface area contributed by atoms with E-state index in [2.05, 4.69) is 4.72 Å². The van der Waals surface area contributed by atoms with Crippen LogP contribution < -0.4 is 10.5 Å². The standard InChI is InChI=1S/C16H26N2O4S/c1-4-13(3)22-16(19)15(6-5-11-17)18-23(20,21)14-9-7-12(2)8-10-14/h7-10,13,15,18H,4-6,11,17H2,1-3H3/t13?,15-/m0/s1. The van der Waals surface area contributed by atoms with E-state index in [4.69, 9.17) is 10.5 Å². The van der Waals surface area contributed by atoms with Crippen molar-refractivity contribution in [3.63, 3.8) is 0 Å². The highest BCUT2D eigenvalue weighted by molar-refractivity contribution is 7.89. The number of nitrogens with one attached hydrogen (secondary N) is 1. The van der Waals surface area contributed by atoms with E-state index in [1.807, 2.05) is 13.8 Å². The van der Waals surface area contributed by atoms with E-state index in [-0.39, 0.29) is 11.0 Å². The van der Waals surface area contributed by atoms with Gasteiger partial charge in [-0.15, -0.1) is 0 Å². The van der Waals surface area contributed by atoms with Crippen LogP contribution in [0.2, 0.25) is 0 Å². The Morgan fingerprint density at radius 1 is 1.30 bits per heavy atom. The summed E-state index contributed by atoms with van der Waals surface area (Å²) in [7, 11) is -3.79. The molecule has 23 heavy (non-hydrogen) atoms. The van der Waals surface area contributed by atoms with Gasteiger partial charge in [-0.2, -0.15) is 4.72 Å². The second-order valence-corrected chi connectivity index (χ2v) is 7.29. The van der Waals surface area contributed by atoms with Crippen LogP contribution >= 0.6 is 0 Å². The first kappa shape index (κ1) is 19.6. The van der Waals surface area contributed by atoms with E-state index in [0.29, 0.717) is 25.8 Å². The molecule has 1 unspecified atom stereocenters. The summed E-state index contributed by atoms with van der Waals surface area (Å²) in [5.74, 6) is -0.566. The molecule has 0 bridgehead atoms. The molecule has 0 aliphatic carbocycles. The smallest absolute Gasteiger partial charge is 0.324 e. The summed E-state index contributed by atoms with van der Waals surface area (Å²) in [6, 6.07) is 5.51. The molecule has 130 valence electrons. The van der Waals surface area contributed by atoms with Crippen LogP contribution in [-0.2, 0) is 19.6 Å². The Morgan fingerprint density at radius 3 is 2.43 bits per heavy atom. The van der Waals surface area contributed by atoms with Crippen molar-refractivity contribution in [1.82, 2.24) is 4.72 Å². The summed E-state index contributed by atoms with van der Waals surface area (Å²) in [5.41, 5.74) is 6.42. The molecule has 0 aliphatic heterocycles. The van der Waals surface area contributed by atoms with Gasteiger partial charge in [-0.1, -0.05) is 24.6 Å². The SMILES string of the molecule is CCC(C)OC(=O)[C@H](CCCN)NS(=O)(=O)c1ccc(C)cc1. The first-order chi connectivity index (χ1) is 10.8. The molecule has 0 radical (unpaired) electrons. The Morgan fingerprint density at radius 2 is 1.91 bits per heavy atom. The first-order valence-corrected chi connectivity index (χ1v) is 9.28. The Labute approximate surface area is 138 Å². The van der Waals surface area contributed by atoms with E-state index >= 15 is 0 Å². The van der Waals surface area contributed by atoms with E-state index < -0.39 is 22.0 Å². The summed E-state index contributed by atoms with van der Waals surface area (Å²) in [6.07, 6.45) is 1.24. The number of esters is 1. The molecule has 0 saturated heterocycles. The molecule has 0 spiro atoms. The molecule has 0 aromatic heterocycles. The normalized spacial score (nSPS) is 14.3. The van der Waals surface area contributed by atoms with Gasteiger partial charge in [0.1, 0.15) is 6.04 Å². The minimum absolute atomic E-state index is 0.122. The zero-order chi connectivity index (χ0) is 17.5. The van der Waals surface area contributed by atoms with Crippen LogP contribution in [0.5, 0.6) is 0 Å². The van der Waals surface area contributed by atoms with Gasteiger partial charge in [-0.25, -0.2) is 8.42 Å². The van der Waals surface area contributed by atoms with E-state index in [1.54, 1.807) is 19.1 Å². The number of carbonyl (C=O) groups excluding carboxylic acids is 1. The second kappa shape index (κ2) is 9.00. The first-order valence-electron chi connectivity index (χ1n) is 7.79. The van der Waals surface area contributed by atoms with Crippen molar-refractivity contribution in [1.29, 1.82) is 0 Å². The molecule has 2 atom stereocenters. The third-order valence-electron chi connectivity index (χ3n) is 3.50. The van der Waals surface area contributed by atoms with Crippen molar-refractivity contribution in [2.75, 3.05) is 6.54 Å². The van der Waals surface area contributed by atoms with Crippen LogP contribution in [0.4, 0.5) is 0 Å². The molecule has 1 aromatic carbocycles. The molecule has 0 amide bonds. The number of nitrogens with two attached hydrogens (primary N) is 1. The van der Waals surface area contributed by atoms with Gasteiger partial charge in [-0.3, -0.25) is 4.79 Å². The monoisotopic (exact) mass is 342 g/mol. The van der Waals surface area contributed by atoms with Crippen LogP contribution in [0.3, 0.4) is 0 Å². The number of benzene rings is 1. The van der Waals surface area contributed by atoms with E-state index in [0.717, 1.165) is 5.56 Å². The molecule has 1 rings (SSSR count). The lowest BCUT2D eigenvalue weighted by Crippen LogP contribution is -2.43. The molecule has 1 aromatic rings. The summed E-state index contributed by atoms with van der Waals surface area (Å²) in [4.78, 5) is 12.3. The molecule has 0 fully saturated rings. The molecule has 0 saturated carbocycles. The highest BCUT2D eigenvalue weighted by Crippen LogP contribution is 2.13. The summed E-state index contributed by atoms with van der Waals surface area (Å²) in [5, 5.41) is 0. The molecule has 3 N–H and O–H groups in total. The summed E-state index contributed by atoms with van der Waals surface area (Å²) < 4.78 is 32.5. The number of rotatable bonds is 9. The molecular formula is C16H26N2O4S. The van der Waals surface area contributed by atoms with E-state index in [9.17, 15) is 13.2 Å². The lowest BCUT2D eigenvalue weighted by atomic mass is 10.1. The zero-order valence-corrected chi connectivity index (χ0v) is 14.7. The lowest BCUT2D eigenvalue weighted by Gasteiger charge is -2.20. The Hall–Kier alpha value is -1.44. The fourth-order valence-corrected chi connectivity index (χ4v) is 3.10. The topological polar surface area (TPSA) is 98.5 Å².